The summed E-state index contributed by atoms with van der Waals surface area (Å²) in [5.74, 6) is 4.09. The average Bonchev–Trinajstić information content (AvgIpc) is 2.86. The minimum Gasteiger partial charge on any atom is -0.508 e. The van der Waals surface area contributed by atoms with Crippen molar-refractivity contribution in [3.8, 4) is 40.2 Å². The van der Waals surface area contributed by atoms with Crippen LogP contribution in [0.15, 0.2) is 227 Å². The van der Waals surface area contributed by atoms with Crippen molar-refractivity contribution in [3.63, 3.8) is 0 Å². The van der Waals surface area contributed by atoms with Gasteiger partial charge in [-0.05, 0) is 113 Å². The van der Waals surface area contributed by atoms with Crippen LogP contribution in [0.3, 0.4) is 0 Å². The first-order valence-corrected chi connectivity index (χ1v) is 34.4. The maximum atomic E-state index is 10.6. The number of hydrogen-bond donors (Lipinski definition) is 6. The van der Waals surface area contributed by atoms with Crippen LogP contribution in [0.1, 0.15) is 20.2 Å². The van der Waals surface area contributed by atoms with Gasteiger partial charge in [-0.25, -0.2) is 4.99 Å². The van der Waals surface area contributed by atoms with Gasteiger partial charge in [0.2, 0.25) is 0 Å². The van der Waals surface area contributed by atoms with Gasteiger partial charge in [0.15, 0.2) is 0 Å². The highest BCUT2D eigenvalue weighted by atomic mass is 127. The summed E-state index contributed by atoms with van der Waals surface area (Å²) in [6.45, 7) is 2.05. The van der Waals surface area contributed by atoms with E-state index in [4.69, 9.17) is 61.5 Å². The Morgan fingerprint density at radius 3 is 1.24 bits per heavy atom. The molecule has 0 spiro atoms. The summed E-state index contributed by atoms with van der Waals surface area (Å²) in [6, 6.07) is 58.6. The van der Waals surface area contributed by atoms with Crippen LogP contribution in [-0.2, 0) is 6.42 Å². The number of nitrogens with two attached hydrogens (primary N) is 3. The smallest absolute Gasteiger partial charge is 0.273 e. The Labute approximate surface area is 604 Å². The summed E-state index contributed by atoms with van der Waals surface area (Å²) < 4.78 is 33.3. The molecule has 0 saturated carbocycles. The summed E-state index contributed by atoms with van der Waals surface area (Å²) in [4.78, 5) is 37.2. The molecule has 0 aliphatic rings. The standard InChI is InChI=1S/C25H23N3O2S2.C14H12N2O6.C14H16N2O2.C6H5NO3.C6H7NS2.C2H4Br2.HI/c26-22(23-9-3-13-31-23)16-18-5-1-7-20(15-18)29-11-12-30-21-8-2-6-19(17-21)28-25(27)24-10-4-14-32-24;17-15(18)11-3-1-5-13(9-11)21-7-8-22-14-6-2-4-12(10-14)16(19)20;15-11-3-1-5-13(9-11)17-7-8-18-14-6-2-4-12(16)10-14;8-6-3-1-2-5(4-6)7(9)10;1-8-6(7)5-3-2-4-9-5;3-1-2-4;/h1-10,13-15,17,26H,11-12,16H2,(H2,27,28);1-6,9-10H,7-8H2;1-6,9-10H,7-8,15-16H2;1-4,8H;2-4,7H,1H3;1-2H2;1H. The van der Waals surface area contributed by atoms with E-state index < -0.39 is 14.8 Å². The molecule has 504 valence electrons. The van der Waals surface area contributed by atoms with Crippen LogP contribution in [0.4, 0.5) is 34.1 Å². The number of anilines is 2. The second-order valence-electron chi connectivity index (χ2n) is 18.7. The number of nitro benzene ring substituents is 3. The minimum absolute atomic E-state index is 0. The number of phenolic OH excluding ortho intramolecular Hbond substituents is 1. The fraction of sp³-hybridized carbons (Fsp3) is 0.149. The van der Waals surface area contributed by atoms with Crippen molar-refractivity contribution in [1.29, 1.82) is 10.8 Å². The van der Waals surface area contributed by atoms with Gasteiger partial charge in [0.25, 0.3) is 17.1 Å². The van der Waals surface area contributed by atoms with Crippen LogP contribution < -0.4 is 45.6 Å². The molecular formula is C67H68Br2IN9O13S4. The summed E-state index contributed by atoms with van der Waals surface area (Å²) in [6.07, 6.45) is 2.50. The molecule has 3 aromatic heterocycles. The third-order valence-corrected chi connectivity index (χ3v) is 17.0. The molecule has 0 saturated heterocycles. The van der Waals surface area contributed by atoms with Crippen molar-refractivity contribution in [2.24, 2.45) is 10.7 Å². The first kappa shape index (κ1) is 79.3. The van der Waals surface area contributed by atoms with Crippen molar-refractivity contribution < 1.29 is 48.3 Å². The van der Waals surface area contributed by atoms with Crippen LogP contribution in [0.25, 0.3) is 0 Å². The number of non-ortho nitro benzene ring substituents is 3. The Bertz CT molecular complexity index is 3880. The van der Waals surface area contributed by atoms with Crippen molar-refractivity contribution >= 4 is 152 Å². The largest absolute Gasteiger partial charge is 0.508 e. The van der Waals surface area contributed by atoms with Crippen LogP contribution in [0.5, 0.6) is 40.2 Å². The number of nitro groups is 3. The monoisotopic (exact) mass is 1620 g/mol. The molecule has 9 N–H and O–H groups in total. The van der Waals surface area contributed by atoms with E-state index in [-0.39, 0.29) is 60.0 Å². The number of rotatable bonds is 25. The molecule has 96 heavy (non-hydrogen) atoms. The van der Waals surface area contributed by atoms with Gasteiger partial charge in [-0.2, -0.15) is 0 Å². The zero-order chi connectivity index (χ0) is 68.6. The lowest BCUT2D eigenvalue weighted by Crippen LogP contribution is -2.10. The quantitative estimate of drug-likeness (QED) is 0.00452. The highest BCUT2D eigenvalue weighted by molar-refractivity contribution is 14.0. The third-order valence-electron chi connectivity index (χ3n) is 11.6. The van der Waals surface area contributed by atoms with Gasteiger partial charge in [0.05, 0.1) is 54.1 Å². The zero-order valence-corrected chi connectivity index (χ0v) is 60.2. The first-order valence-electron chi connectivity index (χ1n) is 28.3. The number of nitrogens with one attached hydrogen (secondary N) is 2. The molecule has 0 fully saturated rings. The van der Waals surface area contributed by atoms with Crippen molar-refractivity contribution in [1.82, 2.24) is 0 Å². The van der Waals surface area contributed by atoms with Gasteiger partial charge in [-0.1, -0.05) is 98.6 Å². The molecule has 10 rings (SSSR count). The number of nitrogen functional groups attached to an aromatic ring is 2. The zero-order valence-electron chi connectivity index (χ0n) is 51.4. The number of thiophene rings is 3. The van der Waals surface area contributed by atoms with Crippen LogP contribution in [-0.4, -0.2) is 93.0 Å². The molecule has 0 radical (unpaired) electrons. The van der Waals surface area contributed by atoms with Gasteiger partial charge < -0.3 is 56.1 Å². The van der Waals surface area contributed by atoms with Crippen molar-refractivity contribution in [2.75, 3.05) is 68.0 Å². The second kappa shape index (κ2) is 45.3. The molecular weight excluding hydrogens is 1550 g/mol. The number of ether oxygens (including phenoxy) is 6. The lowest BCUT2D eigenvalue weighted by Gasteiger charge is -2.10. The molecule has 0 unspecified atom stereocenters. The molecule has 0 aliphatic carbocycles. The molecule has 29 heteroatoms. The number of nitrogens with zero attached hydrogens (tertiary/aromatic N) is 4. The molecule has 0 amide bonds. The Balaban J connectivity index is 0.000000268. The van der Waals surface area contributed by atoms with E-state index in [0.29, 0.717) is 78.1 Å². The Kier molecular flexibility index (Phi) is 37.4. The molecule has 10 aromatic rings. The number of halogens is 3. The highest BCUT2D eigenvalue weighted by Crippen LogP contribution is 2.25. The Hall–Kier alpha value is -9.11. The van der Waals surface area contributed by atoms with E-state index in [1.165, 1.54) is 66.4 Å². The highest BCUT2D eigenvalue weighted by Gasteiger charge is 2.10. The van der Waals surface area contributed by atoms with E-state index in [0.717, 1.165) is 59.9 Å². The summed E-state index contributed by atoms with van der Waals surface area (Å²) in [5, 5.41) is 64.4. The summed E-state index contributed by atoms with van der Waals surface area (Å²) in [5.41, 5.74) is 20.9. The number of hydrogen-bond acceptors (Lipinski definition) is 22. The maximum Gasteiger partial charge on any atom is 0.273 e. The topological polar surface area (TPSA) is 343 Å². The van der Waals surface area contributed by atoms with Gasteiger partial charge in [0, 0.05) is 69.7 Å². The van der Waals surface area contributed by atoms with E-state index in [1.54, 1.807) is 58.3 Å². The number of amidine groups is 1. The second-order valence-corrected chi connectivity index (χ2v) is 23.9. The van der Waals surface area contributed by atoms with Crippen molar-refractivity contribution in [2.45, 2.75) is 6.42 Å². The molecule has 0 bridgehead atoms. The van der Waals surface area contributed by atoms with Crippen LogP contribution in [0.2, 0.25) is 0 Å². The van der Waals surface area contributed by atoms with Gasteiger partial charge in [-0.15, -0.1) is 69.7 Å². The number of aliphatic imine (C=N–C) groups is 1. The predicted molar refractivity (Wildman–Crippen MR) is 406 cm³/mol. The predicted octanol–water partition coefficient (Wildman–Crippen LogP) is 17.3. The van der Waals surface area contributed by atoms with E-state index >= 15 is 0 Å². The van der Waals surface area contributed by atoms with Gasteiger partial charge >= 0.3 is 0 Å². The normalized spacial score (nSPS) is 10.1. The van der Waals surface area contributed by atoms with E-state index in [1.807, 2.05) is 144 Å². The van der Waals surface area contributed by atoms with Crippen LogP contribution in [0, 0.1) is 41.2 Å². The van der Waals surface area contributed by atoms with Gasteiger partial charge in [-0.3, -0.25) is 35.8 Å². The van der Waals surface area contributed by atoms with Gasteiger partial charge in [0.1, 0.15) is 90.8 Å². The Morgan fingerprint density at radius 2 is 0.854 bits per heavy atom. The van der Waals surface area contributed by atoms with Crippen molar-refractivity contribution in [3.05, 3.63) is 273 Å². The number of thioether (sulfide) groups is 1. The summed E-state index contributed by atoms with van der Waals surface area (Å²) >= 11 is 12.6. The maximum absolute atomic E-state index is 10.6. The first-order chi connectivity index (χ1) is 45.9. The van der Waals surface area contributed by atoms with E-state index in [9.17, 15) is 30.3 Å². The number of alkyl halides is 2. The molecule has 22 nitrogen and oxygen atoms in total. The molecule has 7 aromatic carbocycles. The average molecular weight is 1620 g/mol. The number of aromatic hydroxyl groups is 1. The molecule has 0 aliphatic heterocycles. The fourth-order valence-corrected chi connectivity index (χ4v) is 9.94. The van der Waals surface area contributed by atoms with Crippen LogP contribution >= 0.6 is 102 Å². The number of benzene rings is 7. The molecule has 3 heterocycles. The SMILES string of the molecule is BrCCBr.CSC(=N)c1cccs1.I.N=C(Cc1cccc(OCCOc2cccc(N=C(N)c3cccs3)c2)c1)c1cccs1.Nc1cccc(OCCOc2cccc(N)c2)c1.O=[N+]([O-])c1cccc(O)c1.O=[N+]([O-])c1cccc(OCCOc2cccc([N+](=O)[O-])c2)c1. The molecule has 0 atom stereocenters. The minimum atomic E-state index is -0.556. The summed E-state index contributed by atoms with van der Waals surface area (Å²) in [7, 11) is 0. The Morgan fingerprint density at radius 1 is 0.490 bits per heavy atom. The van der Waals surface area contributed by atoms with E-state index in [2.05, 4.69) is 36.9 Å². The lowest BCUT2D eigenvalue weighted by molar-refractivity contribution is -0.385. The fourth-order valence-electron chi connectivity index (χ4n) is 7.40. The number of phenols is 1. The lowest BCUT2D eigenvalue weighted by atomic mass is 10.1. The third kappa shape index (κ3) is 31.4.